The molecule has 0 spiro atoms. The van der Waals surface area contributed by atoms with E-state index < -0.39 is 0 Å². The largest absolute Gasteiger partial charge is 0.493 e. The number of pyridine rings is 1. The van der Waals surface area contributed by atoms with Gasteiger partial charge in [-0.05, 0) is 18.6 Å². The molecule has 0 aromatic carbocycles. The number of nitrogens with two attached hydrogens (primary N) is 1. The van der Waals surface area contributed by atoms with Crippen LogP contribution in [-0.4, -0.2) is 28.1 Å². The molecule has 20 heavy (non-hydrogen) atoms. The van der Waals surface area contributed by atoms with Gasteiger partial charge in [0.15, 0.2) is 0 Å². The van der Waals surface area contributed by atoms with Gasteiger partial charge in [0.05, 0.1) is 18.2 Å². The van der Waals surface area contributed by atoms with Gasteiger partial charge in [-0.2, -0.15) is 0 Å². The second kappa shape index (κ2) is 5.32. The Kier molecular flexibility index (Phi) is 3.37. The van der Waals surface area contributed by atoms with Crippen LogP contribution in [0, 0.1) is 0 Å². The van der Waals surface area contributed by atoms with Crippen LogP contribution in [0.5, 0.6) is 5.75 Å². The van der Waals surface area contributed by atoms with Crippen LogP contribution >= 0.6 is 0 Å². The maximum absolute atomic E-state index is 5.83. The number of aromatic nitrogens is 3. The van der Waals surface area contributed by atoms with Gasteiger partial charge >= 0.3 is 0 Å². The predicted octanol–water partition coefficient (Wildman–Crippen LogP) is 1.80. The molecule has 6 heteroatoms. The highest BCUT2D eigenvalue weighted by Crippen LogP contribution is 2.40. The fourth-order valence-corrected chi connectivity index (χ4v) is 2.41. The summed E-state index contributed by atoms with van der Waals surface area (Å²) in [4.78, 5) is 12.6. The first-order valence-electron chi connectivity index (χ1n) is 6.73. The Morgan fingerprint density at radius 3 is 3.00 bits per heavy atom. The number of nitrogens with one attached hydrogen (secondary N) is 1. The Morgan fingerprint density at radius 2 is 2.20 bits per heavy atom. The summed E-state index contributed by atoms with van der Waals surface area (Å²) >= 11 is 0. The fraction of sp³-hybridized carbons (Fsp3) is 0.357. The van der Waals surface area contributed by atoms with Crippen molar-refractivity contribution < 1.29 is 4.74 Å². The summed E-state index contributed by atoms with van der Waals surface area (Å²) in [5.41, 5.74) is 7.62. The van der Waals surface area contributed by atoms with E-state index in [-0.39, 0.29) is 11.9 Å². The molecule has 0 fully saturated rings. The molecule has 1 atom stereocenters. The Hall–Kier alpha value is -2.37. The lowest BCUT2D eigenvalue weighted by Crippen LogP contribution is -2.09. The summed E-state index contributed by atoms with van der Waals surface area (Å²) in [6.07, 6.45) is 4.40. The van der Waals surface area contributed by atoms with Crippen LogP contribution in [0.2, 0.25) is 0 Å². The molecule has 0 radical (unpaired) electrons. The number of rotatable bonds is 4. The lowest BCUT2D eigenvalue weighted by molar-refractivity contribution is 0.313. The second-order valence-corrected chi connectivity index (χ2v) is 4.69. The van der Waals surface area contributed by atoms with Crippen LogP contribution in [0.25, 0.3) is 0 Å². The average molecular weight is 271 g/mol. The second-order valence-electron chi connectivity index (χ2n) is 4.69. The van der Waals surface area contributed by atoms with Gasteiger partial charge in [-0.3, -0.25) is 0 Å². The molecule has 0 bridgehead atoms. The molecule has 6 nitrogen and oxygen atoms in total. The minimum atomic E-state index is 0.0934. The molecule has 1 aliphatic heterocycles. The topological polar surface area (TPSA) is 86.0 Å². The van der Waals surface area contributed by atoms with Crippen molar-refractivity contribution >= 4 is 11.8 Å². The first-order valence-corrected chi connectivity index (χ1v) is 6.73. The summed E-state index contributed by atoms with van der Waals surface area (Å²) in [5.74, 6) is 2.11. The summed E-state index contributed by atoms with van der Waals surface area (Å²) in [6.45, 7) is 3.52. The van der Waals surface area contributed by atoms with Crippen LogP contribution in [0.3, 0.4) is 0 Å². The highest BCUT2D eigenvalue weighted by atomic mass is 16.5. The first-order chi connectivity index (χ1) is 9.79. The van der Waals surface area contributed by atoms with Gasteiger partial charge in [0.25, 0.3) is 0 Å². The quantitative estimate of drug-likeness (QED) is 0.882. The molecule has 0 unspecified atom stereocenters. The van der Waals surface area contributed by atoms with E-state index in [2.05, 4.69) is 27.2 Å². The summed E-state index contributed by atoms with van der Waals surface area (Å²) in [7, 11) is 0. The standard InChI is InChI=1S/C14H17N5O/c1-2-7-20-11-4-6-16-13-12(11)9(8-18-13)10-3-5-17-14(15)19-10/h3-6,9H,2,7-8H2,1H3,(H,16,18)(H2,15,17,19)/t9-/m1/s1. The first kappa shape index (κ1) is 12.7. The van der Waals surface area contributed by atoms with Gasteiger partial charge in [-0.25, -0.2) is 15.0 Å². The average Bonchev–Trinajstić information content (AvgIpc) is 2.89. The summed E-state index contributed by atoms with van der Waals surface area (Å²) in [6, 6.07) is 3.79. The van der Waals surface area contributed by atoms with Crippen LogP contribution in [-0.2, 0) is 0 Å². The lowest BCUT2D eigenvalue weighted by Gasteiger charge is -2.14. The number of hydrogen-bond donors (Lipinski definition) is 2. The minimum absolute atomic E-state index is 0.0934. The van der Waals surface area contributed by atoms with Crippen molar-refractivity contribution in [1.29, 1.82) is 0 Å². The van der Waals surface area contributed by atoms with Gasteiger partial charge in [0.1, 0.15) is 11.6 Å². The van der Waals surface area contributed by atoms with Crippen LogP contribution in [0.15, 0.2) is 24.5 Å². The molecular formula is C14H17N5O. The van der Waals surface area contributed by atoms with Gasteiger partial charge in [-0.15, -0.1) is 0 Å². The van der Waals surface area contributed by atoms with Crippen molar-refractivity contribution in [3.63, 3.8) is 0 Å². The van der Waals surface area contributed by atoms with Gasteiger partial charge in [0, 0.05) is 24.5 Å². The fourth-order valence-electron chi connectivity index (χ4n) is 2.41. The van der Waals surface area contributed by atoms with E-state index >= 15 is 0 Å². The van der Waals surface area contributed by atoms with Crippen LogP contribution in [0.1, 0.15) is 30.5 Å². The molecule has 3 N–H and O–H groups in total. The minimum Gasteiger partial charge on any atom is -0.493 e. The number of ether oxygens (including phenoxy) is 1. The molecule has 0 saturated heterocycles. The Labute approximate surface area is 117 Å². The highest BCUT2D eigenvalue weighted by Gasteiger charge is 2.29. The zero-order valence-electron chi connectivity index (χ0n) is 11.3. The molecule has 2 aromatic heterocycles. The van der Waals surface area contributed by atoms with Gasteiger partial charge < -0.3 is 15.8 Å². The zero-order valence-corrected chi connectivity index (χ0v) is 11.3. The van der Waals surface area contributed by atoms with Crippen molar-refractivity contribution in [3.8, 4) is 5.75 Å². The van der Waals surface area contributed by atoms with E-state index in [4.69, 9.17) is 10.5 Å². The maximum atomic E-state index is 5.83. The third kappa shape index (κ3) is 2.24. The number of fused-ring (bicyclic) bond motifs is 1. The van der Waals surface area contributed by atoms with Gasteiger partial charge in [-0.1, -0.05) is 6.92 Å². The van der Waals surface area contributed by atoms with Crippen molar-refractivity contribution in [3.05, 3.63) is 35.8 Å². The SMILES string of the molecule is CCCOc1ccnc2c1[C@@H](c1ccnc(N)n1)CN2. The van der Waals surface area contributed by atoms with Crippen molar-refractivity contribution in [2.45, 2.75) is 19.3 Å². The van der Waals surface area contributed by atoms with Gasteiger partial charge in [0.2, 0.25) is 5.95 Å². The van der Waals surface area contributed by atoms with Crippen LogP contribution in [0.4, 0.5) is 11.8 Å². The summed E-state index contributed by atoms with van der Waals surface area (Å²) in [5, 5.41) is 3.29. The maximum Gasteiger partial charge on any atom is 0.220 e. The predicted molar refractivity (Wildman–Crippen MR) is 76.8 cm³/mol. The molecule has 104 valence electrons. The van der Waals surface area contributed by atoms with E-state index in [1.807, 2.05) is 12.1 Å². The third-order valence-electron chi connectivity index (χ3n) is 3.29. The van der Waals surface area contributed by atoms with E-state index in [1.165, 1.54) is 0 Å². The van der Waals surface area contributed by atoms with Crippen molar-refractivity contribution in [2.24, 2.45) is 0 Å². The molecule has 2 aromatic rings. The van der Waals surface area contributed by atoms with Crippen molar-refractivity contribution in [1.82, 2.24) is 15.0 Å². The zero-order chi connectivity index (χ0) is 13.9. The van der Waals surface area contributed by atoms with E-state index in [1.54, 1.807) is 12.4 Å². The molecule has 1 aliphatic rings. The van der Waals surface area contributed by atoms with E-state index in [0.29, 0.717) is 6.61 Å². The monoisotopic (exact) mass is 271 g/mol. The third-order valence-corrected chi connectivity index (χ3v) is 3.29. The Balaban J connectivity index is 1.99. The Morgan fingerprint density at radius 1 is 1.35 bits per heavy atom. The van der Waals surface area contributed by atoms with E-state index in [9.17, 15) is 0 Å². The Bertz CT molecular complexity index is 616. The lowest BCUT2D eigenvalue weighted by atomic mass is 9.98. The van der Waals surface area contributed by atoms with Crippen LogP contribution < -0.4 is 15.8 Å². The molecule has 3 rings (SSSR count). The van der Waals surface area contributed by atoms with E-state index in [0.717, 1.165) is 35.8 Å². The molecular weight excluding hydrogens is 254 g/mol. The number of nitrogen functional groups attached to an aromatic ring is 1. The highest BCUT2D eigenvalue weighted by molar-refractivity contribution is 5.61. The smallest absolute Gasteiger partial charge is 0.220 e. The summed E-state index contributed by atoms with van der Waals surface area (Å²) < 4.78 is 5.83. The van der Waals surface area contributed by atoms with Crippen molar-refractivity contribution in [2.75, 3.05) is 24.2 Å². The molecule has 3 heterocycles. The molecule has 0 aliphatic carbocycles. The number of nitrogens with zero attached hydrogens (tertiary/aromatic N) is 3. The number of hydrogen-bond acceptors (Lipinski definition) is 6. The molecule has 0 amide bonds. The normalized spacial score (nSPS) is 16.6. The molecule has 0 saturated carbocycles. The number of anilines is 2.